The minimum Gasteiger partial charge on any atom is -0.354 e. The molecule has 1 saturated carbocycles. The molecule has 7 nitrogen and oxygen atoms in total. The van der Waals surface area contributed by atoms with Crippen molar-refractivity contribution in [2.75, 3.05) is 19.6 Å². The highest BCUT2D eigenvalue weighted by Crippen LogP contribution is 2.37. The van der Waals surface area contributed by atoms with E-state index in [0.29, 0.717) is 11.5 Å². The number of nitrogens with zero attached hydrogens (tertiary/aromatic N) is 1. The maximum atomic E-state index is 13.0. The van der Waals surface area contributed by atoms with Crippen LogP contribution in [0.15, 0.2) is 46.7 Å². The lowest BCUT2D eigenvalue weighted by molar-refractivity contribution is -0.122. The zero-order valence-electron chi connectivity index (χ0n) is 16.5. The zero-order valence-corrected chi connectivity index (χ0v) is 18.2. The summed E-state index contributed by atoms with van der Waals surface area (Å²) in [5.74, 6) is -0.214. The van der Waals surface area contributed by atoms with E-state index in [1.807, 2.05) is 17.5 Å². The molecular weight excluding hydrogens is 422 g/mol. The number of sulfonamides is 1. The molecule has 2 amide bonds. The number of carbonyl (C=O) groups excluding carboxylic acids is 2. The number of nitrogens with one attached hydrogen (secondary N) is 2. The summed E-state index contributed by atoms with van der Waals surface area (Å²) in [5, 5.41) is 7.77. The van der Waals surface area contributed by atoms with E-state index in [9.17, 15) is 18.0 Å². The van der Waals surface area contributed by atoms with Crippen molar-refractivity contribution < 1.29 is 18.0 Å². The Labute approximate surface area is 180 Å². The van der Waals surface area contributed by atoms with Gasteiger partial charge in [0.1, 0.15) is 0 Å². The van der Waals surface area contributed by atoms with Crippen molar-refractivity contribution in [2.45, 2.75) is 36.6 Å². The van der Waals surface area contributed by atoms with E-state index < -0.39 is 10.0 Å². The van der Waals surface area contributed by atoms with Gasteiger partial charge in [-0.2, -0.15) is 4.31 Å². The summed E-state index contributed by atoms with van der Waals surface area (Å²) in [4.78, 5) is 25.8. The van der Waals surface area contributed by atoms with Gasteiger partial charge >= 0.3 is 0 Å². The van der Waals surface area contributed by atoms with E-state index in [2.05, 4.69) is 10.6 Å². The lowest BCUT2D eigenvalue weighted by Crippen LogP contribution is -2.49. The van der Waals surface area contributed by atoms with E-state index >= 15 is 0 Å². The van der Waals surface area contributed by atoms with E-state index in [1.165, 1.54) is 25.0 Å². The van der Waals surface area contributed by atoms with Crippen LogP contribution in [0.2, 0.25) is 0 Å². The highest BCUT2D eigenvalue weighted by molar-refractivity contribution is 7.89. The molecule has 0 bridgehead atoms. The molecule has 1 atom stereocenters. The fourth-order valence-electron chi connectivity index (χ4n) is 4.17. The van der Waals surface area contributed by atoms with Gasteiger partial charge in [-0.05, 0) is 48.4 Å². The first-order valence-electron chi connectivity index (χ1n) is 10.2. The summed E-state index contributed by atoms with van der Waals surface area (Å²) in [5.41, 5.74) is 0.303. The standard InChI is InChI=1S/C21H25N3O4S2/c25-19-14-24(11-10-22-19)30(27,28)17-8-3-7-16(13-17)21(26)23-20(15-5-1-2-6-15)18-9-4-12-29-18/h3-4,7-9,12-13,15,20H,1-2,5-6,10-11,14H2,(H,22,25)(H,23,26)/t20-/m0/s1. The maximum absolute atomic E-state index is 13.0. The topological polar surface area (TPSA) is 95.6 Å². The number of rotatable bonds is 6. The third-order valence-electron chi connectivity index (χ3n) is 5.74. The molecule has 9 heteroatoms. The summed E-state index contributed by atoms with van der Waals surface area (Å²) in [6, 6.07) is 10.0. The number of thiophene rings is 1. The van der Waals surface area contributed by atoms with Crippen molar-refractivity contribution in [3.05, 3.63) is 52.2 Å². The van der Waals surface area contributed by atoms with Crippen molar-refractivity contribution in [3.63, 3.8) is 0 Å². The van der Waals surface area contributed by atoms with Crippen LogP contribution in [0.1, 0.15) is 47.0 Å². The molecule has 2 fully saturated rings. The Morgan fingerprint density at radius 1 is 1.20 bits per heavy atom. The predicted octanol–water partition coefficient (Wildman–Crippen LogP) is 2.53. The first kappa shape index (κ1) is 21.0. The Balaban J connectivity index is 1.55. The molecule has 1 aliphatic heterocycles. The monoisotopic (exact) mass is 447 g/mol. The summed E-state index contributed by atoms with van der Waals surface area (Å²) in [6.45, 7) is 0.287. The molecule has 2 aromatic rings. The van der Waals surface area contributed by atoms with Crippen LogP contribution in [-0.2, 0) is 14.8 Å². The average Bonchev–Trinajstić information content (AvgIpc) is 3.46. The predicted molar refractivity (Wildman–Crippen MR) is 115 cm³/mol. The van der Waals surface area contributed by atoms with Gasteiger partial charge in [-0.25, -0.2) is 8.42 Å². The molecule has 1 aromatic heterocycles. The molecule has 0 spiro atoms. The van der Waals surface area contributed by atoms with Crippen molar-refractivity contribution >= 4 is 33.2 Å². The van der Waals surface area contributed by atoms with Gasteiger partial charge in [-0.1, -0.05) is 25.0 Å². The van der Waals surface area contributed by atoms with Crippen LogP contribution >= 0.6 is 11.3 Å². The van der Waals surface area contributed by atoms with E-state index in [4.69, 9.17) is 0 Å². The molecule has 0 radical (unpaired) electrons. The van der Waals surface area contributed by atoms with E-state index in [-0.39, 0.29) is 42.4 Å². The smallest absolute Gasteiger partial charge is 0.251 e. The maximum Gasteiger partial charge on any atom is 0.251 e. The van der Waals surface area contributed by atoms with Crippen LogP contribution in [0.4, 0.5) is 0 Å². The number of piperazine rings is 1. The van der Waals surface area contributed by atoms with Crippen LogP contribution < -0.4 is 10.6 Å². The molecule has 0 unspecified atom stereocenters. The molecule has 2 N–H and O–H groups in total. The normalized spacial score (nSPS) is 19.4. The summed E-state index contributed by atoms with van der Waals surface area (Å²) in [7, 11) is -3.84. The average molecular weight is 448 g/mol. The largest absolute Gasteiger partial charge is 0.354 e. The molecule has 1 aromatic carbocycles. The van der Waals surface area contributed by atoms with Crippen LogP contribution in [-0.4, -0.2) is 44.2 Å². The molecule has 30 heavy (non-hydrogen) atoms. The highest BCUT2D eigenvalue weighted by Gasteiger charge is 2.31. The third-order valence-corrected chi connectivity index (χ3v) is 8.54. The number of carbonyl (C=O) groups is 2. The quantitative estimate of drug-likeness (QED) is 0.711. The van der Waals surface area contributed by atoms with Gasteiger partial charge in [0, 0.05) is 23.5 Å². The number of hydrogen-bond acceptors (Lipinski definition) is 5. The van der Waals surface area contributed by atoms with E-state index in [1.54, 1.807) is 23.5 Å². The van der Waals surface area contributed by atoms with Gasteiger partial charge in [-0.15, -0.1) is 11.3 Å². The number of amides is 2. The van der Waals surface area contributed by atoms with Gasteiger partial charge in [0.25, 0.3) is 5.91 Å². The Bertz CT molecular complexity index is 1010. The SMILES string of the molecule is O=C1CN(S(=O)(=O)c2cccc(C(=O)N[C@H](c3cccs3)C3CCCC3)c2)CCN1. The van der Waals surface area contributed by atoms with Gasteiger partial charge in [-0.3, -0.25) is 9.59 Å². The molecule has 1 aliphatic carbocycles. The van der Waals surface area contributed by atoms with Gasteiger partial charge < -0.3 is 10.6 Å². The van der Waals surface area contributed by atoms with Crippen LogP contribution in [0.5, 0.6) is 0 Å². The second-order valence-corrected chi connectivity index (χ2v) is 10.6. The lowest BCUT2D eigenvalue weighted by Gasteiger charge is -2.26. The van der Waals surface area contributed by atoms with Gasteiger partial charge in [0.2, 0.25) is 15.9 Å². The van der Waals surface area contributed by atoms with Gasteiger partial charge in [0.15, 0.2) is 0 Å². The highest BCUT2D eigenvalue weighted by atomic mass is 32.2. The van der Waals surface area contributed by atoms with Crippen LogP contribution in [0.25, 0.3) is 0 Å². The summed E-state index contributed by atoms with van der Waals surface area (Å²) < 4.78 is 27.0. The molecular formula is C21H25N3O4S2. The Morgan fingerprint density at radius 2 is 2.00 bits per heavy atom. The first-order valence-corrected chi connectivity index (χ1v) is 12.5. The molecule has 160 valence electrons. The Morgan fingerprint density at radius 3 is 2.70 bits per heavy atom. The Hall–Kier alpha value is -2.23. The summed E-state index contributed by atoms with van der Waals surface area (Å²) >= 11 is 1.63. The van der Waals surface area contributed by atoms with Crippen molar-refractivity contribution in [1.29, 1.82) is 0 Å². The van der Waals surface area contributed by atoms with Crippen molar-refractivity contribution in [3.8, 4) is 0 Å². The van der Waals surface area contributed by atoms with Gasteiger partial charge in [0.05, 0.1) is 17.5 Å². The van der Waals surface area contributed by atoms with Crippen molar-refractivity contribution in [2.24, 2.45) is 5.92 Å². The Kier molecular flexibility index (Phi) is 6.21. The number of benzene rings is 1. The fourth-order valence-corrected chi connectivity index (χ4v) is 6.48. The second kappa shape index (κ2) is 8.87. The zero-order chi connectivity index (χ0) is 21.1. The molecule has 1 saturated heterocycles. The molecule has 4 rings (SSSR count). The minimum absolute atomic E-state index is 0.0263. The second-order valence-electron chi connectivity index (χ2n) is 7.73. The molecule has 2 aliphatic rings. The lowest BCUT2D eigenvalue weighted by atomic mass is 9.96. The van der Waals surface area contributed by atoms with E-state index in [0.717, 1.165) is 22.0 Å². The minimum atomic E-state index is -3.84. The van der Waals surface area contributed by atoms with Crippen LogP contribution in [0, 0.1) is 5.92 Å². The number of hydrogen-bond donors (Lipinski definition) is 2. The summed E-state index contributed by atoms with van der Waals surface area (Å²) in [6.07, 6.45) is 4.49. The third kappa shape index (κ3) is 4.43. The fraction of sp³-hybridized carbons (Fsp3) is 0.429. The van der Waals surface area contributed by atoms with Crippen molar-refractivity contribution in [1.82, 2.24) is 14.9 Å². The first-order chi connectivity index (χ1) is 14.4. The molecule has 2 heterocycles. The van der Waals surface area contributed by atoms with Crippen LogP contribution in [0.3, 0.4) is 0 Å².